The Morgan fingerprint density at radius 1 is 1.36 bits per heavy atom. The van der Waals surface area contributed by atoms with Gasteiger partial charge in [-0.2, -0.15) is 0 Å². The van der Waals surface area contributed by atoms with Gasteiger partial charge in [0, 0.05) is 12.6 Å². The van der Waals surface area contributed by atoms with Crippen LogP contribution in [0.2, 0.25) is 0 Å². The molecular weight excluding hydrogens is 178 g/mol. The van der Waals surface area contributed by atoms with Crippen LogP contribution in [0.15, 0.2) is 0 Å². The second-order valence-corrected chi connectivity index (χ2v) is 4.53. The first-order valence-electron chi connectivity index (χ1n) is 5.10. The molecule has 0 aliphatic heterocycles. The van der Waals surface area contributed by atoms with E-state index in [1.165, 1.54) is 0 Å². The summed E-state index contributed by atoms with van der Waals surface area (Å²) in [4.78, 5) is 11.5. The third-order valence-electron chi connectivity index (χ3n) is 2.52. The summed E-state index contributed by atoms with van der Waals surface area (Å²) in [5.74, 6) is 0.311. The van der Waals surface area contributed by atoms with Crippen LogP contribution >= 0.6 is 0 Å². The molecule has 0 rings (SSSR count). The van der Waals surface area contributed by atoms with E-state index in [4.69, 9.17) is 5.73 Å². The molecule has 84 valence electrons. The average molecular weight is 201 g/mol. The summed E-state index contributed by atoms with van der Waals surface area (Å²) in [6.45, 7) is 10.3. The topological polar surface area (TPSA) is 67.2 Å². The van der Waals surface area contributed by atoms with Gasteiger partial charge in [-0.25, -0.2) is 4.79 Å². The van der Waals surface area contributed by atoms with Gasteiger partial charge in [0.25, 0.3) is 0 Å². The molecule has 0 aromatic rings. The number of urea groups is 1. The van der Waals surface area contributed by atoms with Crippen LogP contribution in [-0.2, 0) is 0 Å². The second kappa shape index (κ2) is 5.20. The zero-order chi connectivity index (χ0) is 11.4. The van der Waals surface area contributed by atoms with Crippen LogP contribution in [0.5, 0.6) is 0 Å². The largest absolute Gasteiger partial charge is 0.336 e. The fraction of sp³-hybridized carbons (Fsp3) is 0.900. The van der Waals surface area contributed by atoms with Gasteiger partial charge in [0.15, 0.2) is 0 Å². The van der Waals surface area contributed by atoms with Crippen molar-refractivity contribution in [2.45, 2.75) is 46.2 Å². The smallest absolute Gasteiger partial charge is 0.315 e. The van der Waals surface area contributed by atoms with Crippen molar-refractivity contribution >= 4 is 6.03 Å². The first kappa shape index (κ1) is 13.2. The average Bonchev–Trinajstić information content (AvgIpc) is 2.01. The minimum Gasteiger partial charge on any atom is -0.336 e. The highest BCUT2D eigenvalue weighted by atomic mass is 16.2. The van der Waals surface area contributed by atoms with Gasteiger partial charge in [-0.1, -0.05) is 13.8 Å². The molecular formula is C10H23N3O. The maximum absolute atomic E-state index is 11.5. The summed E-state index contributed by atoms with van der Waals surface area (Å²) in [5.41, 5.74) is 5.31. The molecule has 14 heavy (non-hydrogen) atoms. The summed E-state index contributed by atoms with van der Waals surface area (Å²) in [6.07, 6.45) is 0. The fourth-order valence-corrected chi connectivity index (χ4v) is 0.989. The first-order chi connectivity index (χ1) is 6.31. The van der Waals surface area contributed by atoms with Crippen LogP contribution in [0.4, 0.5) is 4.79 Å². The van der Waals surface area contributed by atoms with Gasteiger partial charge >= 0.3 is 6.03 Å². The Bertz CT molecular complexity index is 192. The molecule has 0 aromatic carbocycles. The first-order valence-corrected chi connectivity index (χ1v) is 5.10. The lowest BCUT2D eigenvalue weighted by atomic mass is 9.89. The molecule has 0 heterocycles. The van der Waals surface area contributed by atoms with Crippen molar-refractivity contribution in [3.05, 3.63) is 0 Å². The Labute approximate surface area is 86.6 Å². The van der Waals surface area contributed by atoms with Crippen LogP contribution in [0.3, 0.4) is 0 Å². The molecule has 0 aromatic heterocycles. The van der Waals surface area contributed by atoms with Crippen LogP contribution in [0, 0.1) is 5.92 Å². The van der Waals surface area contributed by atoms with Crippen molar-refractivity contribution in [1.82, 2.24) is 10.6 Å². The number of amides is 2. The van der Waals surface area contributed by atoms with Crippen LogP contribution in [0.1, 0.15) is 34.6 Å². The van der Waals surface area contributed by atoms with Crippen LogP contribution in [-0.4, -0.2) is 24.2 Å². The molecule has 0 fully saturated rings. The number of nitrogens with one attached hydrogen (secondary N) is 2. The predicted octanol–water partition coefficient (Wildman–Crippen LogP) is 1.07. The molecule has 4 N–H and O–H groups in total. The van der Waals surface area contributed by atoms with Gasteiger partial charge < -0.3 is 16.4 Å². The Kier molecular flexibility index (Phi) is 4.91. The Balaban J connectivity index is 4.25. The van der Waals surface area contributed by atoms with Gasteiger partial charge in [0.1, 0.15) is 0 Å². The molecule has 0 bridgehead atoms. The lowest BCUT2D eigenvalue weighted by Crippen LogP contribution is -2.58. The summed E-state index contributed by atoms with van der Waals surface area (Å²) in [7, 11) is 0. The van der Waals surface area contributed by atoms with E-state index in [1.54, 1.807) is 0 Å². The number of carbonyl (C=O) groups excluding carboxylic acids is 1. The van der Waals surface area contributed by atoms with Gasteiger partial charge in [-0.05, 0) is 26.7 Å². The third kappa shape index (κ3) is 3.96. The Hall–Kier alpha value is -0.770. The van der Waals surface area contributed by atoms with Crippen LogP contribution < -0.4 is 16.4 Å². The SMILES string of the molecule is CC(C)NC(=O)NC(C)(CN)C(C)C. The van der Waals surface area contributed by atoms with Gasteiger partial charge in [0.05, 0.1) is 5.54 Å². The number of hydrogen-bond donors (Lipinski definition) is 3. The van der Waals surface area contributed by atoms with Gasteiger partial charge in [-0.15, -0.1) is 0 Å². The van der Waals surface area contributed by atoms with Crippen molar-refractivity contribution in [3.8, 4) is 0 Å². The summed E-state index contributed by atoms with van der Waals surface area (Å²) in [6, 6.07) is -0.00848. The standard InChI is InChI=1S/C10H23N3O/c1-7(2)10(5,6-11)13-9(14)12-8(3)4/h7-8H,6,11H2,1-5H3,(H2,12,13,14). The Morgan fingerprint density at radius 3 is 2.14 bits per heavy atom. The normalized spacial score (nSPS) is 15.4. The molecule has 0 aliphatic carbocycles. The molecule has 1 unspecified atom stereocenters. The number of carbonyl (C=O) groups is 1. The van der Waals surface area contributed by atoms with Crippen molar-refractivity contribution < 1.29 is 4.79 Å². The van der Waals surface area contributed by atoms with E-state index in [-0.39, 0.29) is 17.6 Å². The lowest BCUT2D eigenvalue weighted by molar-refractivity contribution is 0.212. The summed E-state index contributed by atoms with van der Waals surface area (Å²) in [5, 5.41) is 5.68. The van der Waals surface area contributed by atoms with Gasteiger partial charge in [-0.3, -0.25) is 0 Å². The zero-order valence-electron chi connectivity index (χ0n) is 9.85. The quantitative estimate of drug-likeness (QED) is 0.637. The van der Waals surface area contributed by atoms with E-state index >= 15 is 0 Å². The molecule has 0 saturated heterocycles. The second-order valence-electron chi connectivity index (χ2n) is 4.53. The number of rotatable bonds is 4. The number of nitrogens with two attached hydrogens (primary N) is 1. The third-order valence-corrected chi connectivity index (χ3v) is 2.52. The van der Waals surface area contributed by atoms with E-state index in [9.17, 15) is 4.79 Å². The fourth-order valence-electron chi connectivity index (χ4n) is 0.989. The lowest BCUT2D eigenvalue weighted by Gasteiger charge is -2.33. The van der Waals surface area contributed by atoms with Crippen molar-refractivity contribution in [1.29, 1.82) is 0 Å². The van der Waals surface area contributed by atoms with Crippen LogP contribution in [0.25, 0.3) is 0 Å². The Morgan fingerprint density at radius 2 is 1.86 bits per heavy atom. The van der Waals surface area contributed by atoms with E-state index in [1.807, 2.05) is 34.6 Å². The molecule has 0 radical (unpaired) electrons. The highest BCUT2D eigenvalue weighted by Crippen LogP contribution is 2.14. The number of hydrogen-bond acceptors (Lipinski definition) is 2. The summed E-state index contributed by atoms with van der Waals surface area (Å²) >= 11 is 0. The minimum atomic E-state index is -0.334. The predicted molar refractivity (Wildman–Crippen MR) is 59.1 cm³/mol. The van der Waals surface area contributed by atoms with Crippen molar-refractivity contribution in [2.75, 3.05) is 6.54 Å². The van der Waals surface area contributed by atoms with E-state index in [2.05, 4.69) is 10.6 Å². The maximum Gasteiger partial charge on any atom is 0.315 e. The van der Waals surface area contributed by atoms with E-state index in [0.717, 1.165) is 0 Å². The molecule has 0 saturated carbocycles. The van der Waals surface area contributed by atoms with Crippen molar-refractivity contribution in [3.63, 3.8) is 0 Å². The van der Waals surface area contributed by atoms with E-state index < -0.39 is 0 Å². The molecule has 1 atom stereocenters. The van der Waals surface area contributed by atoms with Crippen molar-refractivity contribution in [2.24, 2.45) is 11.7 Å². The monoisotopic (exact) mass is 201 g/mol. The maximum atomic E-state index is 11.5. The molecule has 4 nitrogen and oxygen atoms in total. The molecule has 0 aliphatic rings. The van der Waals surface area contributed by atoms with E-state index in [0.29, 0.717) is 12.5 Å². The minimum absolute atomic E-state index is 0.143. The highest BCUT2D eigenvalue weighted by molar-refractivity contribution is 5.75. The summed E-state index contributed by atoms with van der Waals surface area (Å²) < 4.78 is 0. The molecule has 4 heteroatoms. The van der Waals surface area contributed by atoms with Gasteiger partial charge in [0.2, 0.25) is 0 Å². The molecule has 0 spiro atoms. The zero-order valence-corrected chi connectivity index (χ0v) is 9.85. The highest BCUT2D eigenvalue weighted by Gasteiger charge is 2.28. The molecule has 2 amide bonds.